The zero-order valence-corrected chi connectivity index (χ0v) is 6.19. The predicted molar refractivity (Wildman–Crippen MR) is 37.4 cm³/mol. The molecule has 0 aliphatic heterocycles. The first-order chi connectivity index (χ1) is 4.76. The summed E-state index contributed by atoms with van der Waals surface area (Å²) in [5.74, 6) is 0. The fraction of sp³-hybridized carbons (Fsp3) is 0.833. The SMILES string of the molecule is CCC(O)C(C=NO)OC. The molecule has 0 saturated carbocycles. The third-order valence-electron chi connectivity index (χ3n) is 1.28. The molecule has 2 unspecified atom stereocenters. The number of nitrogens with zero attached hydrogens (tertiary/aromatic N) is 1. The molecule has 60 valence electrons. The van der Waals surface area contributed by atoms with Crippen LogP contribution < -0.4 is 0 Å². The number of hydrogen-bond donors (Lipinski definition) is 2. The summed E-state index contributed by atoms with van der Waals surface area (Å²) < 4.78 is 4.78. The molecule has 0 aliphatic rings. The van der Waals surface area contributed by atoms with Gasteiger partial charge in [-0.25, -0.2) is 0 Å². The Morgan fingerprint density at radius 3 is 2.60 bits per heavy atom. The number of oxime groups is 1. The zero-order chi connectivity index (χ0) is 7.98. The molecule has 0 amide bonds. The van der Waals surface area contributed by atoms with Gasteiger partial charge in [0, 0.05) is 7.11 Å². The molecule has 0 fully saturated rings. The molecule has 0 aromatic heterocycles. The van der Waals surface area contributed by atoms with Crippen molar-refractivity contribution in [1.29, 1.82) is 0 Å². The van der Waals surface area contributed by atoms with Crippen LogP contribution in [0.4, 0.5) is 0 Å². The monoisotopic (exact) mass is 147 g/mol. The van der Waals surface area contributed by atoms with Gasteiger partial charge in [0.05, 0.1) is 12.3 Å². The third-order valence-corrected chi connectivity index (χ3v) is 1.28. The van der Waals surface area contributed by atoms with Gasteiger partial charge in [-0.05, 0) is 6.42 Å². The number of aliphatic hydroxyl groups excluding tert-OH is 1. The second kappa shape index (κ2) is 5.20. The van der Waals surface area contributed by atoms with Crippen molar-refractivity contribution >= 4 is 6.21 Å². The Morgan fingerprint density at radius 2 is 2.30 bits per heavy atom. The van der Waals surface area contributed by atoms with Gasteiger partial charge < -0.3 is 15.1 Å². The van der Waals surface area contributed by atoms with Crippen molar-refractivity contribution in [3.8, 4) is 0 Å². The summed E-state index contributed by atoms with van der Waals surface area (Å²) in [5, 5.41) is 20.0. The summed E-state index contributed by atoms with van der Waals surface area (Å²) in [5.41, 5.74) is 0. The van der Waals surface area contributed by atoms with Crippen LogP contribution in [-0.2, 0) is 4.74 Å². The molecule has 0 aromatic rings. The van der Waals surface area contributed by atoms with Crippen molar-refractivity contribution in [2.45, 2.75) is 25.6 Å². The maximum absolute atomic E-state index is 9.12. The summed E-state index contributed by atoms with van der Waals surface area (Å²) in [6.45, 7) is 1.82. The second-order valence-corrected chi connectivity index (χ2v) is 1.94. The minimum absolute atomic E-state index is 0.505. The highest BCUT2D eigenvalue weighted by Gasteiger charge is 2.13. The minimum atomic E-state index is -0.596. The molecule has 0 radical (unpaired) electrons. The summed E-state index contributed by atoms with van der Waals surface area (Å²) in [7, 11) is 1.45. The van der Waals surface area contributed by atoms with Gasteiger partial charge in [0.15, 0.2) is 0 Å². The molecule has 4 nitrogen and oxygen atoms in total. The van der Waals surface area contributed by atoms with Crippen molar-refractivity contribution in [1.82, 2.24) is 0 Å². The van der Waals surface area contributed by atoms with E-state index in [1.807, 2.05) is 6.92 Å². The average Bonchev–Trinajstić information content (AvgIpc) is 1.99. The van der Waals surface area contributed by atoms with Crippen LogP contribution in [0.25, 0.3) is 0 Å². The van der Waals surface area contributed by atoms with Crippen LogP contribution in [0.5, 0.6) is 0 Å². The lowest BCUT2D eigenvalue weighted by Crippen LogP contribution is -2.28. The first kappa shape index (κ1) is 9.39. The van der Waals surface area contributed by atoms with Gasteiger partial charge in [0.1, 0.15) is 6.10 Å². The molecule has 0 rings (SSSR count). The maximum Gasteiger partial charge on any atom is 0.121 e. The number of aliphatic hydroxyl groups is 1. The van der Waals surface area contributed by atoms with Crippen LogP contribution in [0.1, 0.15) is 13.3 Å². The molecular weight excluding hydrogens is 134 g/mol. The predicted octanol–water partition coefficient (Wildman–Crippen LogP) is 0.232. The first-order valence-electron chi connectivity index (χ1n) is 3.14. The lowest BCUT2D eigenvalue weighted by atomic mass is 10.2. The van der Waals surface area contributed by atoms with Crippen LogP contribution in [0.15, 0.2) is 5.16 Å². The van der Waals surface area contributed by atoms with Gasteiger partial charge in [0.2, 0.25) is 0 Å². The van der Waals surface area contributed by atoms with Gasteiger partial charge in [-0.1, -0.05) is 12.1 Å². The van der Waals surface area contributed by atoms with Crippen molar-refractivity contribution in [2.24, 2.45) is 5.16 Å². The topological polar surface area (TPSA) is 62.1 Å². The highest BCUT2D eigenvalue weighted by Crippen LogP contribution is 1.99. The van der Waals surface area contributed by atoms with Crippen LogP contribution in [-0.4, -0.2) is 35.8 Å². The number of rotatable bonds is 4. The Morgan fingerprint density at radius 1 is 1.70 bits per heavy atom. The molecule has 0 bridgehead atoms. The minimum Gasteiger partial charge on any atom is -0.411 e. The lowest BCUT2D eigenvalue weighted by molar-refractivity contribution is 0.0281. The number of hydrogen-bond acceptors (Lipinski definition) is 4. The fourth-order valence-corrected chi connectivity index (χ4v) is 0.615. The van der Waals surface area contributed by atoms with E-state index < -0.39 is 12.2 Å². The van der Waals surface area contributed by atoms with E-state index in [4.69, 9.17) is 15.1 Å². The molecular formula is C6H13NO3. The van der Waals surface area contributed by atoms with Gasteiger partial charge in [-0.3, -0.25) is 0 Å². The van der Waals surface area contributed by atoms with Crippen LogP contribution in [0.2, 0.25) is 0 Å². The Labute approximate surface area is 60.1 Å². The van der Waals surface area contributed by atoms with E-state index in [0.29, 0.717) is 6.42 Å². The molecule has 2 atom stereocenters. The Balaban J connectivity index is 3.79. The highest BCUT2D eigenvalue weighted by molar-refractivity contribution is 5.63. The quantitative estimate of drug-likeness (QED) is 0.340. The lowest BCUT2D eigenvalue weighted by Gasteiger charge is -2.14. The number of ether oxygens (including phenoxy) is 1. The Kier molecular flexibility index (Phi) is 4.88. The van der Waals surface area contributed by atoms with E-state index in [1.54, 1.807) is 0 Å². The van der Waals surface area contributed by atoms with Gasteiger partial charge >= 0.3 is 0 Å². The van der Waals surface area contributed by atoms with E-state index in [-0.39, 0.29) is 0 Å². The van der Waals surface area contributed by atoms with E-state index >= 15 is 0 Å². The molecule has 10 heavy (non-hydrogen) atoms. The standard InChI is InChI=1S/C6H13NO3/c1-3-5(8)6(10-2)4-7-9/h4-6,8-9H,3H2,1-2H3. The number of methoxy groups -OCH3 is 1. The van der Waals surface area contributed by atoms with E-state index in [9.17, 15) is 0 Å². The second-order valence-electron chi connectivity index (χ2n) is 1.94. The summed E-state index contributed by atoms with van der Waals surface area (Å²) in [4.78, 5) is 0. The molecule has 2 N–H and O–H groups in total. The Hall–Kier alpha value is -0.610. The van der Waals surface area contributed by atoms with Gasteiger partial charge in [0.25, 0.3) is 0 Å². The van der Waals surface area contributed by atoms with E-state index in [2.05, 4.69) is 5.16 Å². The van der Waals surface area contributed by atoms with Crippen molar-refractivity contribution in [3.63, 3.8) is 0 Å². The van der Waals surface area contributed by atoms with Crippen molar-refractivity contribution < 1.29 is 15.1 Å². The smallest absolute Gasteiger partial charge is 0.121 e. The third kappa shape index (κ3) is 2.80. The van der Waals surface area contributed by atoms with Crippen LogP contribution in [0, 0.1) is 0 Å². The first-order valence-corrected chi connectivity index (χ1v) is 3.14. The summed E-state index contributed by atoms with van der Waals surface area (Å²) in [6, 6.07) is 0. The van der Waals surface area contributed by atoms with E-state index in [0.717, 1.165) is 6.21 Å². The summed E-state index contributed by atoms with van der Waals surface area (Å²) in [6.07, 6.45) is 0.634. The molecule has 0 aromatic carbocycles. The maximum atomic E-state index is 9.12. The van der Waals surface area contributed by atoms with Gasteiger partial charge in [-0.2, -0.15) is 0 Å². The molecule has 4 heteroatoms. The van der Waals surface area contributed by atoms with Gasteiger partial charge in [-0.15, -0.1) is 0 Å². The van der Waals surface area contributed by atoms with Crippen molar-refractivity contribution in [3.05, 3.63) is 0 Å². The normalized spacial score (nSPS) is 17.5. The highest BCUT2D eigenvalue weighted by atomic mass is 16.5. The molecule has 0 spiro atoms. The molecule has 0 saturated heterocycles. The fourth-order valence-electron chi connectivity index (χ4n) is 0.615. The average molecular weight is 147 g/mol. The van der Waals surface area contributed by atoms with Crippen LogP contribution >= 0.6 is 0 Å². The largest absolute Gasteiger partial charge is 0.411 e. The molecule has 0 aliphatic carbocycles. The Bertz CT molecular complexity index is 105. The summed E-state index contributed by atoms with van der Waals surface area (Å²) >= 11 is 0. The van der Waals surface area contributed by atoms with Crippen molar-refractivity contribution in [2.75, 3.05) is 7.11 Å². The van der Waals surface area contributed by atoms with E-state index in [1.165, 1.54) is 7.11 Å². The van der Waals surface area contributed by atoms with Crippen LogP contribution in [0.3, 0.4) is 0 Å². The molecule has 0 heterocycles. The zero-order valence-electron chi connectivity index (χ0n) is 6.19.